The molecule has 210 valence electrons. The summed E-state index contributed by atoms with van der Waals surface area (Å²) in [6, 6.07) is 0. The maximum absolute atomic E-state index is 13.2. The number of ether oxygens (including phenoxy) is 6. The zero-order valence-corrected chi connectivity index (χ0v) is 22.0. The predicted molar refractivity (Wildman–Crippen MR) is 133 cm³/mol. The molecular formula is C29H34O10. The molecule has 0 aromatic heterocycles. The van der Waals surface area contributed by atoms with Gasteiger partial charge in [-0.15, -0.1) is 0 Å². The van der Waals surface area contributed by atoms with Crippen molar-refractivity contribution in [3.63, 3.8) is 0 Å². The number of carbonyl (C=O) groups is 2. The van der Waals surface area contributed by atoms with Crippen molar-refractivity contribution in [2.75, 3.05) is 19.8 Å². The van der Waals surface area contributed by atoms with Crippen LogP contribution in [0.3, 0.4) is 0 Å². The van der Waals surface area contributed by atoms with Crippen LogP contribution in [0, 0.1) is 10.8 Å². The van der Waals surface area contributed by atoms with E-state index in [9.17, 15) is 19.8 Å². The summed E-state index contributed by atoms with van der Waals surface area (Å²) in [5, 5.41) is 20.9. The molecule has 10 atom stereocenters. The fourth-order valence-electron chi connectivity index (χ4n) is 8.08. The summed E-state index contributed by atoms with van der Waals surface area (Å²) in [5.41, 5.74) is -1.37. The molecule has 0 aromatic carbocycles. The summed E-state index contributed by atoms with van der Waals surface area (Å²) in [5.74, 6) is -1.04. The Morgan fingerprint density at radius 2 is 1.82 bits per heavy atom. The number of esters is 2. The van der Waals surface area contributed by atoms with Crippen LogP contribution in [0.25, 0.3) is 0 Å². The SMILES string of the molecule is CC1=C[C@H]2O[C@@H]3C[C@H]4OC(=O)/C=C\C=C\[C@@]56OC/C(=C\C(=O)OC[C@@]2(CC1)[C@]4(C)[C@]31CO1)C[C@@H]5O[C@H](O)[C@H]6O. The number of aliphatic hydroxyl groups is 2. The summed E-state index contributed by atoms with van der Waals surface area (Å²) in [4.78, 5) is 26.2. The molecule has 4 saturated heterocycles. The highest BCUT2D eigenvalue weighted by molar-refractivity contribution is 5.83. The Labute approximate surface area is 226 Å². The van der Waals surface area contributed by atoms with Crippen molar-refractivity contribution in [1.29, 1.82) is 0 Å². The molecule has 4 bridgehead atoms. The summed E-state index contributed by atoms with van der Waals surface area (Å²) in [6.07, 6.45) is 7.25. The number of epoxide rings is 1. The van der Waals surface area contributed by atoms with E-state index in [1.54, 1.807) is 12.2 Å². The number of fused-ring (bicyclic) bond motifs is 7. The normalized spacial score (nSPS) is 53.4. The van der Waals surface area contributed by atoms with Crippen molar-refractivity contribution in [2.24, 2.45) is 10.8 Å². The van der Waals surface area contributed by atoms with Crippen LogP contribution in [0.1, 0.15) is 39.5 Å². The van der Waals surface area contributed by atoms with Crippen LogP contribution in [0.5, 0.6) is 0 Å². The van der Waals surface area contributed by atoms with Crippen molar-refractivity contribution in [3.05, 3.63) is 47.6 Å². The molecule has 0 unspecified atom stereocenters. The van der Waals surface area contributed by atoms with Crippen molar-refractivity contribution >= 4 is 11.9 Å². The Kier molecular flexibility index (Phi) is 5.64. The lowest BCUT2D eigenvalue weighted by Crippen LogP contribution is -2.66. The van der Waals surface area contributed by atoms with Crippen LogP contribution in [0.2, 0.25) is 0 Å². The van der Waals surface area contributed by atoms with Gasteiger partial charge >= 0.3 is 11.9 Å². The molecule has 0 aromatic rings. The van der Waals surface area contributed by atoms with E-state index in [2.05, 4.69) is 19.9 Å². The summed E-state index contributed by atoms with van der Waals surface area (Å²) < 4.78 is 36.4. The van der Waals surface area contributed by atoms with Crippen LogP contribution >= 0.6 is 0 Å². The van der Waals surface area contributed by atoms with E-state index in [-0.39, 0.29) is 31.8 Å². The Morgan fingerprint density at radius 3 is 2.62 bits per heavy atom. The maximum Gasteiger partial charge on any atom is 0.331 e. The molecule has 6 heterocycles. The average molecular weight is 543 g/mol. The second-order valence-electron chi connectivity index (χ2n) is 12.2. The second-order valence-corrected chi connectivity index (χ2v) is 12.2. The van der Waals surface area contributed by atoms with Crippen molar-refractivity contribution in [1.82, 2.24) is 0 Å². The molecule has 2 aliphatic carbocycles. The van der Waals surface area contributed by atoms with Crippen LogP contribution < -0.4 is 0 Å². The molecule has 6 aliphatic heterocycles. The van der Waals surface area contributed by atoms with Gasteiger partial charge in [0.2, 0.25) is 0 Å². The summed E-state index contributed by atoms with van der Waals surface area (Å²) >= 11 is 0. The topological polar surface area (TPSA) is 133 Å². The first-order valence-electron chi connectivity index (χ1n) is 13.7. The quantitative estimate of drug-likeness (QED) is 0.263. The van der Waals surface area contributed by atoms with Gasteiger partial charge < -0.3 is 38.6 Å². The molecule has 0 amide bonds. The lowest BCUT2D eigenvalue weighted by atomic mass is 9.51. The van der Waals surface area contributed by atoms with E-state index in [4.69, 9.17) is 28.4 Å². The highest BCUT2D eigenvalue weighted by Crippen LogP contribution is 2.72. The van der Waals surface area contributed by atoms with Gasteiger partial charge in [-0.05, 0) is 31.4 Å². The minimum absolute atomic E-state index is 0.0477. The number of hydrogen-bond donors (Lipinski definition) is 2. The molecule has 10 heteroatoms. The van der Waals surface area contributed by atoms with Gasteiger partial charge in [0, 0.05) is 30.4 Å². The van der Waals surface area contributed by atoms with Crippen LogP contribution in [-0.2, 0) is 38.0 Å². The summed E-state index contributed by atoms with van der Waals surface area (Å²) in [6.45, 7) is 4.81. The van der Waals surface area contributed by atoms with Crippen LogP contribution in [-0.4, -0.2) is 90.0 Å². The van der Waals surface area contributed by atoms with Gasteiger partial charge in [0.05, 0.1) is 36.9 Å². The Hall–Kier alpha value is -2.34. The molecule has 2 N–H and O–H groups in total. The molecule has 5 fully saturated rings. The second kappa shape index (κ2) is 8.58. The Bertz CT molecular complexity index is 1210. The molecule has 8 aliphatic rings. The van der Waals surface area contributed by atoms with Gasteiger partial charge in [-0.25, -0.2) is 9.59 Å². The fraction of sp³-hybridized carbons (Fsp3) is 0.655. The van der Waals surface area contributed by atoms with E-state index in [1.807, 2.05) is 0 Å². The smallest absolute Gasteiger partial charge is 0.331 e. The lowest BCUT2D eigenvalue weighted by molar-refractivity contribution is -0.232. The van der Waals surface area contributed by atoms with Gasteiger partial charge in [0.1, 0.15) is 30.0 Å². The van der Waals surface area contributed by atoms with Crippen molar-refractivity contribution < 1.29 is 48.2 Å². The van der Waals surface area contributed by atoms with Gasteiger partial charge in [0.25, 0.3) is 0 Å². The van der Waals surface area contributed by atoms with Crippen molar-refractivity contribution in [2.45, 2.75) is 87.5 Å². The minimum atomic E-state index is -1.45. The van der Waals surface area contributed by atoms with E-state index in [1.165, 1.54) is 23.8 Å². The Morgan fingerprint density at radius 1 is 1.00 bits per heavy atom. The monoisotopic (exact) mass is 542 g/mol. The van der Waals surface area contributed by atoms with Crippen LogP contribution in [0.15, 0.2) is 47.6 Å². The van der Waals surface area contributed by atoms with E-state index < -0.39 is 58.6 Å². The van der Waals surface area contributed by atoms with Gasteiger partial charge in [-0.2, -0.15) is 0 Å². The molecule has 1 saturated carbocycles. The largest absolute Gasteiger partial charge is 0.462 e. The first-order valence-corrected chi connectivity index (χ1v) is 13.7. The molecular weight excluding hydrogens is 508 g/mol. The third-order valence-corrected chi connectivity index (χ3v) is 10.5. The number of carbonyl (C=O) groups excluding carboxylic acids is 2. The van der Waals surface area contributed by atoms with Gasteiger partial charge in [-0.3, -0.25) is 0 Å². The van der Waals surface area contributed by atoms with E-state index in [0.29, 0.717) is 25.0 Å². The lowest BCUT2D eigenvalue weighted by Gasteiger charge is -2.58. The third kappa shape index (κ3) is 3.42. The molecule has 39 heavy (non-hydrogen) atoms. The highest BCUT2D eigenvalue weighted by atomic mass is 16.7. The standard InChI is InChI=1S/C29H34O10/c1-16-6-8-27-14-34-23(31)11-17-10-20-28(35-13-17,24(32)25(33)39-20)7-4-3-5-22(30)38-18-12-21(37-19(27)9-16)29(15-36-29)26(18,27)2/h3-5,7,9,11,18-21,24-25,32-33H,6,8,10,12-15H2,1-2H3/b5-3-,7-4+,17-11-/t18-,19-,20+,21-,24-,25+,26-,27-,28-,29+/m1/s1. The van der Waals surface area contributed by atoms with E-state index >= 15 is 0 Å². The van der Waals surface area contributed by atoms with Crippen LogP contribution in [0.4, 0.5) is 0 Å². The van der Waals surface area contributed by atoms with Gasteiger partial charge in [0.15, 0.2) is 6.29 Å². The zero-order valence-electron chi connectivity index (χ0n) is 22.0. The number of hydrogen-bond acceptors (Lipinski definition) is 10. The minimum Gasteiger partial charge on any atom is -0.462 e. The van der Waals surface area contributed by atoms with Gasteiger partial charge in [-0.1, -0.05) is 30.7 Å². The average Bonchev–Trinajstić information content (AvgIpc) is 3.64. The number of allylic oxidation sites excluding steroid dienone is 3. The maximum atomic E-state index is 13.2. The zero-order chi connectivity index (χ0) is 27.2. The predicted octanol–water partition coefficient (Wildman–Crippen LogP) is 1.40. The molecule has 0 radical (unpaired) electrons. The molecule has 3 spiro atoms. The first kappa shape index (κ1) is 25.6. The Balaban J connectivity index is 1.29. The third-order valence-electron chi connectivity index (χ3n) is 10.5. The summed E-state index contributed by atoms with van der Waals surface area (Å²) in [7, 11) is 0. The van der Waals surface area contributed by atoms with E-state index in [0.717, 1.165) is 6.42 Å². The number of rotatable bonds is 0. The molecule has 10 nitrogen and oxygen atoms in total. The molecule has 8 rings (SSSR count). The number of aliphatic hydroxyl groups excluding tert-OH is 2. The highest BCUT2D eigenvalue weighted by Gasteiger charge is 2.83. The fourth-order valence-corrected chi connectivity index (χ4v) is 8.08. The van der Waals surface area contributed by atoms with Crippen molar-refractivity contribution in [3.8, 4) is 0 Å². The first-order chi connectivity index (χ1) is 18.6.